The van der Waals surface area contributed by atoms with Crippen LogP contribution in [0.3, 0.4) is 0 Å². The van der Waals surface area contributed by atoms with Gasteiger partial charge < -0.3 is 19.3 Å². The van der Waals surface area contributed by atoms with Gasteiger partial charge in [0.25, 0.3) is 0 Å². The minimum absolute atomic E-state index is 0.393. The maximum absolute atomic E-state index is 10.9. The van der Waals surface area contributed by atoms with E-state index in [9.17, 15) is 4.79 Å². The van der Waals surface area contributed by atoms with Crippen LogP contribution >= 0.6 is 0 Å². The van der Waals surface area contributed by atoms with Crippen molar-refractivity contribution >= 4 is 5.97 Å². The van der Waals surface area contributed by atoms with E-state index in [0.29, 0.717) is 31.2 Å². The molecule has 1 N–H and O–H groups in total. The van der Waals surface area contributed by atoms with Gasteiger partial charge in [-0.1, -0.05) is 6.07 Å². The van der Waals surface area contributed by atoms with Crippen molar-refractivity contribution in [1.82, 2.24) is 4.90 Å². The van der Waals surface area contributed by atoms with E-state index < -0.39 is 12.1 Å². The molecule has 1 heterocycles. The molecule has 1 aromatic carbocycles. The first-order valence-electron chi connectivity index (χ1n) is 6.41. The Labute approximate surface area is 117 Å². The molecule has 1 atom stereocenters. The van der Waals surface area contributed by atoms with Gasteiger partial charge in [0.1, 0.15) is 0 Å². The Morgan fingerprint density at radius 3 is 2.80 bits per heavy atom. The first-order valence-corrected chi connectivity index (χ1v) is 6.41. The maximum atomic E-state index is 10.9. The third kappa shape index (κ3) is 3.40. The number of aliphatic carboxylic acids is 1. The Balaban J connectivity index is 2.04. The molecule has 1 aromatic rings. The van der Waals surface area contributed by atoms with Crippen molar-refractivity contribution < 1.29 is 24.1 Å². The van der Waals surface area contributed by atoms with Gasteiger partial charge in [0.05, 0.1) is 20.8 Å². The third-order valence-corrected chi connectivity index (χ3v) is 3.28. The zero-order valence-corrected chi connectivity index (χ0v) is 11.7. The van der Waals surface area contributed by atoms with Crippen LogP contribution in [0.1, 0.15) is 5.56 Å². The van der Waals surface area contributed by atoms with Crippen LogP contribution in [0, 0.1) is 0 Å². The van der Waals surface area contributed by atoms with Crippen LogP contribution in [0.5, 0.6) is 11.5 Å². The van der Waals surface area contributed by atoms with Crippen LogP contribution in [0.25, 0.3) is 0 Å². The summed E-state index contributed by atoms with van der Waals surface area (Å²) in [4.78, 5) is 13.0. The van der Waals surface area contributed by atoms with Crippen molar-refractivity contribution in [1.29, 1.82) is 0 Å². The lowest BCUT2D eigenvalue weighted by molar-refractivity contribution is -0.156. The summed E-state index contributed by atoms with van der Waals surface area (Å²) in [6, 6.07) is 5.71. The standard InChI is InChI=1S/C14H19NO5/c1-18-11-4-3-10(7-12(11)19-2)8-15-5-6-20-13(9-15)14(16)17/h3-4,7,13H,5-6,8-9H2,1-2H3,(H,16,17). The molecule has 1 saturated heterocycles. The number of morpholine rings is 1. The van der Waals surface area contributed by atoms with E-state index >= 15 is 0 Å². The topological polar surface area (TPSA) is 68.2 Å². The molecule has 1 aliphatic rings. The van der Waals surface area contributed by atoms with Gasteiger partial charge in [-0.15, -0.1) is 0 Å². The van der Waals surface area contributed by atoms with Gasteiger partial charge >= 0.3 is 5.97 Å². The highest BCUT2D eigenvalue weighted by Crippen LogP contribution is 2.28. The summed E-state index contributed by atoms with van der Waals surface area (Å²) >= 11 is 0. The number of methoxy groups -OCH3 is 2. The van der Waals surface area contributed by atoms with Crippen LogP contribution in [-0.2, 0) is 16.1 Å². The Morgan fingerprint density at radius 1 is 1.40 bits per heavy atom. The Morgan fingerprint density at radius 2 is 2.15 bits per heavy atom. The lowest BCUT2D eigenvalue weighted by Gasteiger charge is -2.30. The van der Waals surface area contributed by atoms with E-state index in [1.54, 1.807) is 14.2 Å². The summed E-state index contributed by atoms with van der Waals surface area (Å²) < 4.78 is 15.7. The molecule has 0 spiro atoms. The van der Waals surface area contributed by atoms with E-state index in [-0.39, 0.29) is 0 Å². The lowest BCUT2D eigenvalue weighted by Crippen LogP contribution is -2.45. The fourth-order valence-electron chi connectivity index (χ4n) is 2.23. The van der Waals surface area contributed by atoms with E-state index in [2.05, 4.69) is 4.90 Å². The number of carboxylic acid groups (broad SMARTS) is 1. The molecular weight excluding hydrogens is 262 g/mol. The molecule has 110 valence electrons. The van der Waals surface area contributed by atoms with Crippen LogP contribution < -0.4 is 9.47 Å². The van der Waals surface area contributed by atoms with Crippen LogP contribution in [0.15, 0.2) is 18.2 Å². The number of hydrogen-bond donors (Lipinski definition) is 1. The molecule has 0 radical (unpaired) electrons. The molecule has 6 heteroatoms. The first-order chi connectivity index (χ1) is 9.63. The molecule has 20 heavy (non-hydrogen) atoms. The van der Waals surface area contributed by atoms with E-state index in [1.165, 1.54) is 0 Å². The van der Waals surface area contributed by atoms with Gasteiger partial charge in [0.2, 0.25) is 0 Å². The SMILES string of the molecule is COc1ccc(CN2CCOC(C(=O)O)C2)cc1OC. The van der Waals surface area contributed by atoms with Gasteiger partial charge in [-0.3, -0.25) is 4.90 Å². The molecule has 1 unspecified atom stereocenters. The molecule has 0 bridgehead atoms. The third-order valence-electron chi connectivity index (χ3n) is 3.28. The van der Waals surface area contributed by atoms with Gasteiger partial charge in [0, 0.05) is 19.6 Å². The molecule has 1 aliphatic heterocycles. The second-order valence-electron chi connectivity index (χ2n) is 4.62. The van der Waals surface area contributed by atoms with Gasteiger partial charge in [-0.05, 0) is 17.7 Å². The van der Waals surface area contributed by atoms with Crippen LogP contribution in [-0.4, -0.2) is 56.0 Å². The molecule has 0 saturated carbocycles. The predicted octanol–water partition coefficient (Wildman–Crippen LogP) is 0.989. The fraction of sp³-hybridized carbons (Fsp3) is 0.500. The highest BCUT2D eigenvalue weighted by Gasteiger charge is 2.26. The second-order valence-corrected chi connectivity index (χ2v) is 4.62. The van der Waals surface area contributed by atoms with Crippen molar-refractivity contribution in [2.24, 2.45) is 0 Å². The minimum atomic E-state index is -0.915. The lowest BCUT2D eigenvalue weighted by atomic mass is 10.1. The summed E-state index contributed by atoms with van der Waals surface area (Å²) in [6.45, 7) is 2.21. The van der Waals surface area contributed by atoms with Gasteiger partial charge in [-0.2, -0.15) is 0 Å². The minimum Gasteiger partial charge on any atom is -0.493 e. The molecular formula is C14H19NO5. The molecule has 1 fully saturated rings. The number of benzene rings is 1. The summed E-state index contributed by atoms with van der Waals surface area (Å²) in [5.74, 6) is 0.441. The van der Waals surface area contributed by atoms with Crippen LogP contribution in [0.2, 0.25) is 0 Å². The maximum Gasteiger partial charge on any atom is 0.334 e. The Kier molecular flexibility index (Phi) is 4.81. The van der Waals surface area contributed by atoms with Gasteiger partial charge in [-0.25, -0.2) is 4.79 Å². The molecule has 0 aliphatic carbocycles. The van der Waals surface area contributed by atoms with E-state index in [1.807, 2.05) is 18.2 Å². The van der Waals surface area contributed by atoms with Crippen molar-refractivity contribution in [2.75, 3.05) is 33.9 Å². The van der Waals surface area contributed by atoms with Crippen LogP contribution in [0.4, 0.5) is 0 Å². The summed E-state index contributed by atoms with van der Waals surface area (Å²) in [5, 5.41) is 8.98. The van der Waals surface area contributed by atoms with E-state index in [4.69, 9.17) is 19.3 Å². The smallest absolute Gasteiger partial charge is 0.334 e. The average Bonchev–Trinajstić information content (AvgIpc) is 2.47. The van der Waals surface area contributed by atoms with Crippen molar-refractivity contribution in [3.8, 4) is 11.5 Å². The average molecular weight is 281 g/mol. The highest BCUT2D eigenvalue weighted by molar-refractivity contribution is 5.72. The number of carboxylic acids is 1. The first kappa shape index (κ1) is 14.6. The Hall–Kier alpha value is -1.79. The fourth-order valence-corrected chi connectivity index (χ4v) is 2.23. The number of nitrogens with zero attached hydrogens (tertiary/aromatic N) is 1. The van der Waals surface area contributed by atoms with Crippen molar-refractivity contribution in [3.63, 3.8) is 0 Å². The zero-order valence-electron chi connectivity index (χ0n) is 11.7. The monoisotopic (exact) mass is 281 g/mol. The van der Waals surface area contributed by atoms with E-state index in [0.717, 1.165) is 12.1 Å². The highest BCUT2D eigenvalue weighted by atomic mass is 16.5. The number of ether oxygens (including phenoxy) is 3. The number of rotatable bonds is 5. The molecule has 0 amide bonds. The summed E-state index contributed by atoms with van der Waals surface area (Å²) in [5.41, 5.74) is 1.05. The van der Waals surface area contributed by atoms with Crippen molar-refractivity contribution in [3.05, 3.63) is 23.8 Å². The molecule has 0 aromatic heterocycles. The Bertz CT molecular complexity index is 477. The van der Waals surface area contributed by atoms with Gasteiger partial charge in [0.15, 0.2) is 17.6 Å². The molecule has 6 nitrogen and oxygen atoms in total. The largest absolute Gasteiger partial charge is 0.493 e. The zero-order chi connectivity index (χ0) is 14.5. The molecule has 2 rings (SSSR count). The normalized spacial score (nSPS) is 19.6. The number of hydrogen-bond acceptors (Lipinski definition) is 5. The second kappa shape index (κ2) is 6.58. The number of carbonyl (C=O) groups is 1. The predicted molar refractivity (Wildman–Crippen MR) is 72.2 cm³/mol. The van der Waals surface area contributed by atoms with Crippen molar-refractivity contribution in [2.45, 2.75) is 12.6 Å². The summed E-state index contributed by atoms with van der Waals surface area (Å²) in [7, 11) is 3.19. The quantitative estimate of drug-likeness (QED) is 0.868. The summed E-state index contributed by atoms with van der Waals surface area (Å²) in [6.07, 6.45) is -0.746.